The maximum absolute atomic E-state index is 14.1. The molecule has 0 radical (unpaired) electrons. The Morgan fingerprint density at radius 2 is 1.70 bits per heavy atom. The summed E-state index contributed by atoms with van der Waals surface area (Å²) < 4.78 is 5.36. The first-order chi connectivity index (χ1) is 24.5. The van der Waals surface area contributed by atoms with Crippen LogP contribution in [-0.4, -0.2) is 92.8 Å². The van der Waals surface area contributed by atoms with E-state index in [2.05, 4.69) is 46.1 Å². The van der Waals surface area contributed by atoms with E-state index in [9.17, 15) is 9.59 Å². The lowest BCUT2D eigenvalue weighted by molar-refractivity contribution is 0.0744. The van der Waals surface area contributed by atoms with Crippen LogP contribution in [0.1, 0.15) is 39.4 Å². The first kappa shape index (κ1) is 31.4. The zero-order valence-corrected chi connectivity index (χ0v) is 27.7. The van der Waals surface area contributed by atoms with Crippen LogP contribution in [0.15, 0.2) is 67.1 Å². The van der Waals surface area contributed by atoms with Crippen LogP contribution < -0.4 is 15.5 Å². The van der Waals surface area contributed by atoms with Gasteiger partial charge in [-0.05, 0) is 30.5 Å². The Kier molecular flexibility index (Phi) is 8.50. The molecule has 254 valence electrons. The molecule has 2 N–H and O–H groups in total. The lowest BCUT2D eigenvalue weighted by Crippen LogP contribution is -2.49. The molecular weight excluding hydrogens is 660 g/mol. The summed E-state index contributed by atoms with van der Waals surface area (Å²) in [5, 5.41) is 28.0. The molecular formula is C33H33ClN14O2. The molecule has 0 bridgehead atoms. The lowest BCUT2D eigenvalue weighted by Gasteiger charge is -2.35. The summed E-state index contributed by atoms with van der Waals surface area (Å²) in [5.74, 6) is 0.675. The summed E-state index contributed by atoms with van der Waals surface area (Å²) in [7, 11) is 0. The van der Waals surface area contributed by atoms with Gasteiger partial charge in [-0.15, -0.1) is 10.2 Å². The van der Waals surface area contributed by atoms with Gasteiger partial charge in [0.1, 0.15) is 12.0 Å². The molecule has 2 aromatic carbocycles. The number of benzene rings is 2. The Bertz CT molecular complexity index is 2170. The molecule has 3 amide bonds. The summed E-state index contributed by atoms with van der Waals surface area (Å²) in [5.41, 5.74) is 5.74. The quantitative estimate of drug-likeness (QED) is 0.230. The van der Waals surface area contributed by atoms with Crippen molar-refractivity contribution in [1.29, 1.82) is 0 Å². The highest BCUT2D eigenvalue weighted by atomic mass is 35.5. The Morgan fingerprint density at radius 1 is 0.880 bits per heavy atom. The smallest absolute Gasteiger partial charge is 0.319 e. The molecule has 50 heavy (non-hydrogen) atoms. The number of carbonyl (C=O) groups is 2. The van der Waals surface area contributed by atoms with Crippen LogP contribution in [0.3, 0.4) is 0 Å². The standard InChI is InChI=1S/C33H33ClN14O2/c34-24-9-4-5-10-25(24)38-33(50)35-17-23-19-46(42-39-23)20-26-28(27-11-6-12-47(27)41-26)32(49)45-15-13-44(14-16-45)30-29-31(37-21-36-30)48(43-40-29)18-22-7-2-1-3-8-22/h1-5,7-10,19,21H,6,11-18,20H2,(H2,35,38,50). The van der Waals surface area contributed by atoms with Crippen LogP contribution in [0.4, 0.5) is 16.3 Å². The number of amides is 3. The van der Waals surface area contributed by atoms with Gasteiger partial charge in [0.15, 0.2) is 17.0 Å². The number of urea groups is 1. The fraction of sp³-hybridized carbons (Fsp3) is 0.303. The number of nitrogens with zero attached hydrogens (tertiary/aromatic N) is 12. The fourth-order valence-electron chi connectivity index (χ4n) is 6.45. The minimum absolute atomic E-state index is 0.0392. The summed E-state index contributed by atoms with van der Waals surface area (Å²) in [6, 6.07) is 16.6. The largest absolute Gasteiger partial charge is 0.351 e. The van der Waals surface area contributed by atoms with Crippen molar-refractivity contribution in [1.82, 2.24) is 60.0 Å². The van der Waals surface area contributed by atoms with Crippen LogP contribution in [0.2, 0.25) is 5.02 Å². The second-order valence-electron chi connectivity index (χ2n) is 12.2. The molecule has 0 spiro atoms. The minimum atomic E-state index is -0.412. The lowest BCUT2D eigenvalue weighted by atomic mass is 10.1. The molecule has 16 nitrogen and oxygen atoms in total. The number of piperazine rings is 1. The SMILES string of the molecule is O=C(NCc1cn(Cc2nn3c(c2C(=O)N2CCN(c4ncnc5c4nnn5Cc4ccccc4)CC2)CCC3)nn1)Nc1ccccc1Cl. The molecule has 6 aromatic rings. The first-order valence-corrected chi connectivity index (χ1v) is 16.8. The average molecular weight is 693 g/mol. The van der Waals surface area contributed by atoms with Gasteiger partial charge in [0, 0.05) is 32.7 Å². The van der Waals surface area contributed by atoms with Gasteiger partial charge < -0.3 is 20.4 Å². The van der Waals surface area contributed by atoms with Crippen molar-refractivity contribution in [3.8, 4) is 0 Å². The molecule has 0 atom stereocenters. The number of carbonyl (C=O) groups excluding carboxylic acids is 2. The number of halogens is 1. The first-order valence-electron chi connectivity index (χ1n) is 16.4. The van der Waals surface area contributed by atoms with Gasteiger partial charge in [0.25, 0.3) is 5.91 Å². The molecule has 17 heteroatoms. The van der Waals surface area contributed by atoms with E-state index in [1.165, 1.54) is 0 Å². The number of hydrogen-bond donors (Lipinski definition) is 2. The number of anilines is 2. The molecule has 8 rings (SSSR count). The summed E-state index contributed by atoms with van der Waals surface area (Å²) >= 11 is 6.14. The maximum atomic E-state index is 14.1. The van der Waals surface area contributed by atoms with Crippen molar-refractivity contribution in [2.45, 2.75) is 39.0 Å². The van der Waals surface area contributed by atoms with Crippen LogP contribution in [0.25, 0.3) is 11.2 Å². The van der Waals surface area contributed by atoms with Gasteiger partial charge in [-0.2, -0.15) is 5.10 Å². The van der Waals surface area contributed by atoms with Gasteiger partial charge in [0.2, 0.25) is 0 Å². The third-order valence-electron chi connectivity index (χ3n) is 8.90. The molecule has 1 saturated heterocycles. The number of para-hydroxylation sites is 1. The molecule has 0 unspecified atom stereocenters. The number of fused-ring (bicyclic) bond motifs is 2. The summed E-state index contributed by atoms with van der Waals surface area (Å²) in [4.78, 5) is 39.6. The molecule has 0 aliphatic carbocycles. The Labute approximate surface area is 291 Å². The molecule has 6 heterocycles. The van der Waals surface area contributed by atoms with Crippen molar-refractivity contribution in [2.24, 2.45) is 0 Å². The van der Waals surface area contributed by atoms with Crippen molar-refractivity contribution in [3.63, 3.8) is 0 Å². The van der Waals surface area contributed by atoms with Gasteiger partial charge >= 0.3 is 6.03 Å². The molecule has 2 aliphatic rings. The van der Waals surface area contributed by atoms with Gasteiger partial charge in [0.05, 0.1) is 53.5 Å². The number of aryl methyl sites for hydroxylation is 1. The van der Waals surface area contributed by atoms with Crippen molar-refractivity contribution < 1.29 is 9.59 Å². The average Bonchev–Trinajstić information content (AvgIpc) is 3.94. The van der Waals surface area contributed by atoms with Crippen molar-refractivity contribution in [2.75, 3.05) is 36.4 Å². The van der Waals surface area contributed by atoms with Crippen molar-refractivity contribution >= 4 is 46.2 Å². The monoisotopic (exact) mass is 692 g/mol. The molecule has 0 saturated carbocycles. The second-order valence-corrected chi connectivity index (χ2v) is 12.6. The third kappa shape index (κ3) is 6.32. The van der Waals surface area contributed by atoms with E-state index in [0.717, 1.165) is 30.6 Å². The van der Waals surface area contributed by atoms with Crippen LogP contribution in [-0.2, 0) is 32.6 Å². The zero-order valence-electron chi connectivity index (χ0n) is 27.0. The highest BCUT2D eigenvalue weighted by Crippen LogP contribution is 2.27. The van der Waals surface area contributed by atoms with Crippen LogP contribution in [0.5, 0.6) is 0 Å². The van der Waals surface area contributed by atoms with Crippen LogP contribution in [0, 0.1) is 0 Å². The van der Waals surface area contributed by atoms with E-state index in [1.54, 1.807) is 46.2 Å². The Hall–Kier alpha value is -5.90. The van der Waals surface area contributed by atoms with Crippen molar-refractivity contribution in [3.05, 3.63) is 100 Å². The topological polar surface area (TPSA) is 170 Å². The number of hydrogen-bond acceptors (Lipinski definition) is 10. The number of rotatable bonds is 9. The predicted molar refractivity (Wildman–Crippen MR) is 184 cm³/mol. The van der Waals surface area contributed by atoms with Crippen LogP contribution >= 0.6 is 11.6 Å². The highest BCUT2D eigenvalue weighted by Gasteiger charge is 2.32. The fourth-order valence-corrected chi connectivity index (χ4v) is 6.63. The number of aromatic nitrogens is 10. The molecule has 2 aliphatic heterocycles. The van der Waals surface area contributed by atoms with E-state index >= 15 is 0 Å². The van der Waals surface area contributed by atoms with E-state index in [-0.39, 0.29) is 19.0 Å². The van der Waals surface area contributed by atoms with Gasteiger partial charge in [-0.1, -0.05) is 64.5 Å². The van der Waals surface area contributed by atoms with E-state index in [4.69, 9.17) is 16.7 Å². The normalized spacial score (nSPS) is 14.3. The summed E-state index contributed by atoms with van der Waals surface area (Å²) in [6.45, 7) is 3.97. The van der Waals surface area contributed by atoms with E-state index in [0.29, 0.717) is 77.4 Å². The number of nitrogens with one attached hydrogen (secondary N) is 2. The van der Waals surface area contributed by atoms with Gasteiger partial charge in [-0.25, -0.2) is 24.1 Å². The zero-order chi connectivity index (χ0) is 34.0. The maximum Gasteiger partial charge on any atom is 0.319 e. The second kappa shape index (κ2) is 13.5. The highest BCUT2D eigenvalue weighted by molar-refractivity contribution is 6.33. The Morgan fingerprint density at radius 3 is 2.54 bits per heavy atom. The third-order valence-corrected chi connectivity index (χ3v) is 9.23. The molecule has 1 fully saturated rings. The van der Waals surface area contributed by atoms with E-state index < -0.39 is 6.03 Å². The van der Waals surface area contributed by atoms with Gasteiger partial charge in [-0.3, -0.25) is 9.48 Å². The summed E-state index contributed by atoms with van der Waals surface area (Å²) in [6.07, 6.45) is 5.02. The minimum Gasteiger partial charge on any atom is -0.351 e. The van der Waals surface area contributed by atoms with E-state index in [1.807, 2.05) is 39.9 Å². The predicted octanol–water partition coefficient (Wildman–Crippen LogP) is 2.99. The molecule has 4 aromatic heterocycles. The Balaban J connectivity index is 0.922.